The summed E-state index contributed by atoms with van der Waals surface area (Å²) in [5.41, 5.74) is 5.06. The summed E-state index contributed by atoms with van der Waals surface area (Å²) in [7, 11) is 0. The monoisotopic (exact) mass is 582 g/mol. The van der Waals surface area contributed by atoms with Crippen LogP contribution < -0.4 is 10.4 Å². The number of hydrogen-bond donors (Lipinski definition) is 0. The maximum atomic E-state index is 3.30. The molecule has 0 saturated heterocycles. The molecule has 0 atom stereocenters. The van der Waals surface area contributed by atoms with Gasteiger partial charge < -0.3 is 14.9 Å². The van der Waals surface area contributed by atoms with Crippen molar-refractivity contribution in [3.8, 4) is 11.1 Å². The second kappa shape index (κ2) is 14.7. The van der Waals surface area contributed by atoms with E-state index in [2.05, 4.69) is 146 Å². The Morgan fingerprint density at radius 1 is 0.605 bits per heavy atom. The Labute approximate surface area is 243 Å². The molecule has 1 aliphatic carbocycles. The average Bonchev–Trinajstić information content (AvgIpc) is 3.59. The topological polar surface area (TPSA) is 0 Å². The molecule has 0 aromatic heterocycles. The van der Waals surface area contributed by atoms with E-state index in [1.807, 2.05) is 6.07 Å². The van der Waals surface area contributed by atoms with Crippen molar-refractivity contribution in [2.24, 2.45) is 0 Å². The van der Waals surface area contributed by atoms with E-state index in [-0.39, 0.29) is 14.9 Å². The van der Waals surface area contributed by atoms with Gasteiger partial charge >= 0.3 is 99.8 Å². The van der Waals surface area contributed by atoms with Crippen LogP contribution in [-0.4, -0.2) is 5.43 Å². The third-order valence-electron chi connectivity index (χ3n) is 6.29. The summed E-state index contributed by atoms with van der Waals surface area (Å²) in [5.74, 6) is 0. The second-order valence-electron chi connectivity index (χ2n) is 8.66. The molecule has 0 fully saturated rings. The number of benzene rings is 5. The van der Waals surface area contributed by atoms with Crippen molar-refractivity contribution in [1.82, 2.24) is 0 Å². The van der Waals surface area contributed by atoms with E-state index in [0.29, 0.717) is 0 Å². The fourth-order valence-electron chi connectivity index (χ4n) is 4.44. The summed E-state index contributed by atoms with van der Waals surface area (Å²) in [6, 6.07) is 54.5. The first-order chi connectivity index (χ1) is 17.8. The van der Waals surface area contributed by atoms with Gasteiger partial charge in [0.05, 0.1) is 0 Å². The molecule has 1 aliphatic rings. The second-order valence-corrected chi connectivity index (χ2v) is 14.2. The van der Waals surface area contributed by atoms with E-state index in [1.54, 1.807) is 23.3 Å². The molecular formula is C36H32SiZr-4. The van der Waals surface area contributed by atoms with Crippen molar-refractivity contribution < 1.29 is 23.3 Å². The van der Waals surface area contributed by atoms with Crippen LogP contribution in [0.2, 0.25) is 0 Å². The molecule has 6 aromatic rings. The van der Waals surface area contributed by atoms with E-state index in [1.165, 1.54) is 43.4 Å². The Hall–Kier alpha value is -3.19. The Balaban J connectivity index is 0.000000157. The third-order valence-corrected chi connectivity index (χ3v) is 12.4. The van der Waals surface area contributed by atoms with Crippen LogP contribution in [0.15, 0.2) is 146 Å². The van der Waals surface area contributed by atoms with Crippen LogP contribution >= 0.6 is 0 Å². The summed E-state index contributed by atoms with van der Waals surface area (Å²) in [5, 5.41) is 5.69. The Morgan fingerprint density at radius 3 is 1.87 bits per heavy atom. The minimum atomic E-state index is -0.455. The van der Waals surface area contributed by atoms with Gasteiger partial charge in [0.2, 0.25) is 0 Å². The van der Waals surface area contributed by atoms with E-state index in [9.17, 15) is 0 Å². The molecule has 188 valence electrons. The molecule has 7 rings (SSSR count). The largest absolute Gasteiger partial charge is 0.179 e. The van der Waals surface area contributed by atoms with Gasteiger partial charge in [-0.25, -0.2) is 0 Å². The van der Waals surface area contributed by atoms with Gasteiger partial charge in [-0.05, 0) is 6.42 Å². The van der Waals surface area contributed by atoms with Gasteiger partial charge in [-0.15, -0.1) is 35.2 Å². The van der Waals surface area contributed by atoms with Gasteiger partial charge in [0.15, 0.2) is 0 Å². The first-order valence-corrected chi connectivity index (χ1v) is 17.4. The van der Waals surface area contributed by atoms with Gasteiger partial charge in [-0.3, -0.25) is 0 Å². The fourth-order valence-corrected chi connectivity index (χ4v) is 8.29. The molecule has 0 nitrogen and oxygen atoms in total. The smallest absolute Gasteiger partial charge is 0.0253 e. The van der Waals surface area contributed by atoms with Crippen LogP contribution in [0, 0.1) is 20.9 Å². The Morgan fingerprint density at radius 2 is 1.18 bits per heavy atom. The van der Waals surface area contributed by atoms with Crippen LogP contribution in [0.1, 0.15) is 11.1 Å². The summed E-state index contributed by atoms with van der Waals surface area (Å²) < 4.78 is 0. The van der Waals surface area contributed by atoms with Crippen LogP contribution in [0.25, 0.3) is 21.9 Å². The van der Waals surface area contributed by atoms with Gasteiger partial charge in [-0.1, -0.05) is 41.5 Å². The Kier molecular flexibility index (Phi) is 11.3. The van der Waals surface area contributed by atoms with Crippen molar-refractivity contribution in [3.63, 3.8) is 0 Å². The molecule has 0 radical (unpaired) electrons. The Bertz CT molecular complexity index is 1450. The molecule has 0 amide bonds. The number of fused-ring (bicyclic) bond motifs is 4. The molecular weight excluding hydrogens is 552 g/mol. The molecule has 0 bridgehead atoms. The molecule has 2 heteroatoms. The summed E-state index contributed by atoms with van der Waals surface area (Å²) in [6.07, 6.45) is 1.05. The summed E-state index contributed by atoms with van der Waals surface area (Å²) in [6.45, 7) is 0. The summed E-state index contributed by atoms with van der Waals surface area (Å²) >= 11 is 1.64. The van der Waals surface area contributed by atoms with E-state index >= 15 is 0 Å². The normalized spacial score (nSPS) is 10.2. The number of rotatable bonds is 2. The zero-order valence-electron chi connectivity index (χ0n) is 22.1. The molecule has 0 unspecified atom stereocenters. The molecule has 6 aromatic carbocycles. The quantitative estimate of drug-likeness (QED) is 0.144. The first-order valence-electron chi connectivity index (χ1n) is 12.2. The van der Waals surface area contributed by atoms with Gasteiger partial charge in [0, 0.05) is 0 Å². The minimum absolute atomic E-state index is 0. The van der Waals surface area contributed by atoms with E-state index < -0.39 is 5.43 Å². The van der Waals surface area contributed by atoms with Gasteiger partial charge in [0.25, 0.3) is 0 Å². The van der Waals surface area contributed by atoms with Crippen molar-refractivity contribution in [1.29, 1.82) is 0 Å². The van der Waals surface area contributed by atoms with Crippen LogP contribution in [0.4, 0.5) is 0 Å². The van der Waals surface area contributed by atoms with Crippen LogP contribution in [0.3, 0.4) is 0 Å². The summed E-state index contributed by atoms with van der Waals surface area (Å²) in [4.78, 5) is 0. The van der Waals surface area contributed by atoms with E-state index in [0.717, 1.165) is 6.42 Å². The van der Waals surface area contributed by atoms with Gasteiger partial charge in [0.1, 0.15) is 0 Å². The SMILES string of the molecule is [CH3-].[CH3-].[Zr]=[Si](c1ccccc1)c1ccccc1.[c-]1cccc2c1Cc1ccccc1-2.c1ccc2[cH-]ccc2c1. The maximum absolute atomic E-state index is 3.30. The zero-order chi connectivity index (χ0) is 24.6. The van der Waals surface area contributed by atoms with Crippen molar-refractivity contribution >= 4 is 26.6 Å². The molecule has 0 aliphatic heterocycles. The molecule has 0 saturated carbocycles. The van der Waals surface area contributed by atoms with E-state index in [4.69, 9.17) is 0 Å². The maximum Gasteiger partial charge on any atom is -0.0253 e. The first kappa shape index (κ1) is 29.4. The molecule has 0 spiro atoms. The molecule has 0 heterocycles. The standard InChI is InChI=1S/C13H9.C12H10Si.C9H7.2CH3.Zr/c1-3-7-12-10(5-1)9-11-6-2-4-8-13(11)12;1-3-7-11(8-4-1)13-12-9-5-2-6-10-12;1-2-5-9-7-3-6-8(9)4-1;;;/h1-5,7-8H,9H2;1-10H;1-7H;2*1H3;/q-1;;3*-1;. The fraction of sp³-hybridized carbons (Fsp3) is 0.0278. The van der Waals surface area contributed by atoms with Crippen molar-refractivity contribution in [2.75, 3.05) is 0 Å². The predicted octanol–water partition coefficient (Wildman–Crippen LogP) is 7.86. The minimum Gasteiger partial charge on any atom is -0.179 e. The van der Waals surface area contributed by atoms with Crippen molar-refractivity contribution in [3.05, 3.63) is 178 Å². The predicted molar refractivity (Wildman–Crippen MR) is 164 cm³/mol. The van der Waals surface area contributed by atoms with Crippen LogP contribution in [0.5, 0.6) is 0 Å². The van der Waals surface area contributed by atoms with Crippen LogP contribution in [-0.2, 0) is 29.8 Å². The molecule has 38 heavy (non-hydrogen) atoms. The zero-order valence-corrected chi connectivity index (χ0v) is 25.5. The third kappa shape index (κ3) is 7.22. The number of hydrogen-bond acceptors (Lipinski definition) is 0. The molecule has 0 N–H and O–H groups in total. The average molecular weight is 584 g/mol. The van der Waals surface area contributed by atoms with Crippen molar-refractivity contribution in [2.45, 2.75) is 6.42 Å². The van der Waals surface area contributed by atoms with Gasteiger partial charge in [-0.2, -0.15) is 47.3 Å².